The van der Waals surface area contributed by atoms with Gasteiger partial charge in [-0.05, 0) is 46.0 Å². The standard InChI is InChI=1S/C17H24N4/c1-13-17(11-18-15-9-10-20(3)12-15)14(2)21(19-13)16-7-5-4-6-8-16/h4-8,15,18H,9-12H2,1-3H3. The third kappa shape index (κ3) is 3.01. The molecule has 0 saturated carbocycles. The van der Waals surface area contributed by atoms with Crippen LogP contribution in [-0.2, 0) is 6.54 Å². The number of hydrogen-bond acceptors (Lipinski definition) is 3. The van der Waals surface area contributed by atoms with Crippen LogP contribution in [0.5, 0.6) is 0 Å². The molecule has 0 aliphatic carbocycles. The normalized spacial score (nSPS) is 19.3. The van der Waals surface area contributed by atoms with Crippen molar-refractivity contribution in [3.8, 4) is 5.69 Å². The maximum atomic E-state index is 4.71. The van der Waals surface area contributed by atoms with Crippen molar-refractivity contribution in [3.05, 3.63) is 47.3 Å². The molecule has 1 saturated heterocycles. The molecule has 1 unspecified atom stereocenters. The predicted octanol–water partition coefficient (Wildman–Crippen LogP) is 2.28. The summed E-state index contributed by atoms with van der Waals surface area (Å²) in [7, 11) is 2.19. The summed E-state index contributed by atoms with van der Waals surface area (Å²) in [6.07, 6.45) is 1.24. The molecular weight excluding hydrogens is 260 g/mol. The van der Waals surface area contributed by atoms with Crippen LogP contribution in [-0.4, -0.2) is 40.9 Å². The molecule has 1 aliphatic heterocycles. The molecule has 112 valence electrons. The fourth-order valence-electron chi connectivity index (χ4n) is 3.10. The van der Waals surface area contributed by atoms with E-state index in [2.05, 4.69) is 55.4 Å². The minimum absolute atomic E-state index is 0.605. The highest BCUT2D eigenvalue weighted by Gasteiger charge is 2.20. The second-order valence-corrected chi connectivity index (χ2v) is 6.03. The molecule has 4 nitrogen and oxygen atoms in total. The molecule has 4 heteroatoms. The zero-order valence-electron chi connectivity index (χ0n) is 13.1. The van der Waals surface area contributed by atoms with Crippen molar-refractivity contribution in [2.24, 2.45) is 0 Å². The van der Waals surface area contributed by atoms with Crippen LogP contribution in [0, 0.1) is 13.8 Å². The predicted molar refractivity (Wildman–Crippen MR) is 85.8 cm³/mol. The van der Waals surface area contributed by atoms with Crippen molar-refractivity contribution in [2.45, 2.75) is 32.9 Å². The average Bonchev–Trinajstić information content (AvgIpc) is 3.02. The lowest BCUT2D eigenvalue weighted by molar-refractivity contribution is 0.397. The quantitative estimate of drug-likeness (QED) is 0.935. The fraction of sp³-hybridized carbons (Fsp3) is 0.471. The van der Waals surface area contributed by atoms with Gasteiger partial charge in [0.2, 0.25) is 0 Å². The van der Waals surface area contributed by atoms with E-state index in [9.17, 15) is 0 Å². The molecule has 1 aliphatic rings. The number of aryl methyl sites for hydroxylation is 1. The topological polar surface area (TPSA) is 33.1 Å². The van der Waals surface area contributed by atoms with Crippen molar-refractivity contribution >= 4 is 0 Å². The Morgan fingerprint density at radius 3 is 2.67 bits per heavy atom. The zero-order valence-corrected chi connectivity index (χ0v) is 13.1. The second kappa shape index (κ2) is 6.00. The van der Waals surface area contributed by atoms with E-state index in [1.165, 1.54) is 24.2 Å². The maximum Gasteiger partial charge on any atom is 0.0648 e. The Morgan fingerprint density at radius 1 is 1.24 bits per heavy atom. The van der Waals surface area contributed by atoms with Crippen molar-refractivity contribution in [3.63, 3.8) is 0 Å². The number of rotatable bonds is 4. The first kappa shape index (κ1) is 14.3. The van der Waals surface area contributed by atoms with Crippen LogP contribution in [0.25, 0.3) is 5.69 Å². The fourth-order valence-corrected chi connectivity index (χ4v) is 3.10. The molecule has 1 N–H and O–H groups in total. The third-order valence-electron chi connectivity index (χ3n) is 4.40. The number of likely N-dealkylation sites (tertiary alicyclic amines) is 1. The van der Waals surface area contributed by atoms with Crippen LogP contribution < -0.4 is 5.32 Å². The number of benzene rings is 1. The summed E-state index contributed by atoms with van der Waals surface area (Å²) in [5, 5.41) is 8.39. The van der Waals surface area contributed by atoms with Crippen LogP contribution in [0.4, 0.5) is 0 Å². The molecule has 2 aromatic rings. The van der Waals surface area contributed by atoms with E-state index in [1.54, 1.807) is 0 Å². The first-order valence-corrected chi connectivity index (χ1v) is 7.67. The van der Waals surface area contributed by atoms with Gasteiger partial charge in [-0.25, -0.2) is 4.68 Å². The van der Waals surface area contributed by atoms with Gasteiger partial charge in [0.25, 0.3) is 0 Å². The summed E-state index contributed by atoms with van der Waals surface area (Å²) in [6.45, 7) is 7.50. The van der Waals surface area contributed by atoms with E-state index in [-0.39, 0.29) is 0 Å². The van der Waals surface area contributed by atoms with Gasteiger partial charge < -0.3 is 10.2 Å². The van der Waals surface area contributed by atoms with E-state index >= 15 is 0 Å². The maximum absolute atomic E-state index is 4.71. The summed E-state index contributed by atoms with van der Waals surface area (Å²) in [5.41, 5.74) is 4.81. The number of para-hydroxylation sites is 1. The Bertz CT molecular complexity index is 603. The van der Waals surface area contributed by atoms with Crippen molar-refractivity contribution in [2.75, 3.05) is 20.1 Å². The Balaban J connectivity index is 1.76. The molecule has 0 amide bonds. The third-order valence-corrected chi connectivity index (χ3v) is 4.40. The van der Waals surface area contributed by atoms with Crippen molar-refractivity contribution < 1.29 is 0 Å². The first-order chi connectivity index (χ1) is 10.1. The van der Waals surface area contributed by atoms with Gasteiger partial charge in [-0.3, -0.25) is 0 Å². The summed E-state index contributed by atoms with van der Waals surface area (Å²) >= 11 is 0. The van der Waals surface area contributed by atoms with Crippen LogP contribution in [0.2, 0.25) is 0 Å². The van der Waals surface area contributed by atoms with Gasteiger partial charge in [-0.2, -0.15) is 5.10 Å². The first-order valence-electron chi connectivity index (χ1n) is 7.67. The van der Waals surface area contributed by atoms with Crippen LogP contribution in [0.1, 0.15) is 23.4 Å². The number of hydrogen-bond donors (Lipinski definition) is 1. The summed E-state index contributed by atoms with van der Waals surface area (Å²) in [4.78, 5) is 2.38. The van der Waals surface area contributed by atoms with Crippen LogP contribution in [0.15, 0.2) is 30.3 Å². The zero-order chi connectivity index (χ0) is 14.8. The Morgan fingerprint density at radius 2 is 2.00 bits per heavy atom. The molecule has 2 heterocycles. The van der Waals surface area contributed by atoms with Gasteiger partial charge in [0.05, 0.1) is 11.4 Å². The molecule has 3 rings (SSSR count). The SMILES string of the molecule is Cc1nn(-c2ccccc2)c(C)c1CNC1CCN(C)C1. The summed E-state index contributed by atoms with van der Waals surface area (Å²) in [6, 6.07) is 10.9. The number of likely N-dealkylation sites (N-methyl/N-ethyl adjacent to an activating group) is 1. The molecular formula is C17H24N4. The summed E-state index contributed by atoms with van der Waals surface area (Å²) < 4.78 is 2.05. The molecule has 1 fully saturated rings. The summed E-state index contributed by atoms with van der Waals surface area (Å²) in [5.74, 6) is 0. The number of nitrogens with one attached hydrogen (secondary N) is 1. The van der Waals surface area contributed by atoms with E-state index in [4.69, 9.17) is 5.10 Å². The van der Waals surface area contributed by atoms with Crippen molar-refractivity contribution in [1.82, 2.24) is 20.0 Å². The second-order valence-electron chi connectivity index (χ2n) is 6.03. The van der Waals surface area contributed by atoms with Gasteiger partial charge in [-0.1, -0.05) is 18.2 Å². The van der Waals surface area contributed by atoms with E-state index in [0.717, 1.165) is 24.5 Å². The van der Waals surface area contributed by atoms with E-state index in [1.807, 2.05) is 10.7 Å². The lowest BCUT2D eigenvalue weighted by Crippen LogP contribution is -2.31. The molecule has 0 spiro atoms. The Kier molecular flexibility index (Phi) is 4.08. The molecule has 21 heavy (non-hydrogen) atoms. The highest BCUT2D eigenvalue weighted by Crippen LogP contribution is 2.18. The Labute approximate surface area is 126 Å². The van der Waals surface area contributed by atoms with Gasteiger partial charge in [0.15, 0.2) is 0 Å². The minimum Gasteiger partial charge on any atom is -0.308 e. The lowest BCUT2D eigenvalue weighted by Gasteiger charge is -2.13. The molecule has 0 radical (unpaired) electrons. The molecule has 1 aromatic heterocycles. The van der Waals surface area contributed by atoms with Gasteiger partial charge in [0.1, 0.15) is 0 Å². The monoisotopic (exact) mass is 284 g/mol. The molecule has 1 aromatic carbocycles. The smallest absolute Gasteiger partial charge is 0.0648 e. The van der Waals surface area contributed by atoms with Gasteiger partial charge in [0, 0.05) is 30.4 Å². The van der Waals surface area contributed by atoms with Crippen molar-refractivity contribution in [1.29, 1.82) is 0 Å². The largest absolute Gasteiger partial charge is 0.308 e. The van der Waals surface area contributed by atoms with E-state index in [0.29, 0.717) is 6.04 Å². The minimum atomic E-state index is 0.605. The van der Waals surface area contributed by atoms with Gasteiger partial charge >= 0.3 is 0 Å². The number of nitrogens with zero attached hydrogens (tertiary/aromatic N) is 3. The number of aromatic nitrogens is 2. The van der Waals surface area contributed by atoms with Gasteiger partial charge in [-0.15, -0.1) is 0 Å². The van der Waals surface area contributed by atoms with Crippen LogP contribution in [0.3, 0.4) is 0 Å². The highest BCUT2D eigenvalue weighted by atomic mass is 15.3. The molecule has 1 atom stereocenters. The molecule has 0 bridgehead atoms. The Hall–Kier alpha value is -1.65. The van der Waals surface area contributed by atoms with Crippen LogP contribution >= 0.6 is 0 Å². The lowest BCUT2D eigenvalue weighted by atomic mass is 10.1. The average molecular weight is 284 g/mol. The van der Waals surface area contributed by atoms with E-state index < -0.39 is 0 Å². The highest BCUT2D eigenvalue weighted by molar-refractivity contribution is 5.36.